The molecule has 6 rings (SSSR count). The molecule has 1 saturated carbocycles. The van der Waals surface area contributed by atoms with Crippen LogP contribution in [0.2, 0.25) is 5.02 Å². The Balaban J connectivity index is 1.64. The van der Waals surface area contributed by atoms with Gasteiger partial charge in [-0.25, -0.2) is 4.39 Å². The summed E-state index contributed by atoms with van der Waals surface area (Å²) in [7, 11) is 0. The maximum atomic E-state index is 14.1. The summed E-state index contributed by atoms with van der Waals surface area (Å²) in [6.07, 6.45) is 8.67. The van der Waals surface area contributed by atoms with E-state index in [4.69, 9.17) is 16.3 Å². The van der Waals surface area contributed by atoms with Gasteiger partial charge in [-0.05, 0) is 80.3 Å². The first-order valence-corrected chi connectivity index (χ1v) is 12.5. The third kappa shape index (κ3) is 3.64. The molecule has 5 nitrogen and oxygen atoms in total. The molecule has 7 heteroatoms. The zero-order chi connectivity index (χ0) is 23.2. The molecule has 0 atom stereocenters. The van der Waals surface area contributed by atoms with E-state index in [1.165, 1.54) is 22.7 Å². The summed E-state index contributed by atoms with van der Waals surface area (Å²) in [6, 6.07) is 9.38. The van der Waals surface area contributed by atoms with Crippen LogP contribution in [0.4, 0.5) is 4.39 Å². The predicted molar refractivity (Wildman–Crippen MR) is 131 cm³/mol. The van der Waals surface area contributed by atoms with Crippen LogP contribution in [0.15, 0.2) is 36.5 Å². The molecule has 1 aliphatic heterocycles. The zero-order valence-corrected chi connectivity index (χ0v) is 19.7. The molecule has 3 heterocycles. The number of ether oxygens (including phenoxy) is 1. The molecule has 0 spiro atoms. The molecule has 176 valence electrons. The van der Waals surface area contributed by atoms with E-state index in [0.717, 1.165) is 80.1 Å². The van der Waals surface area contributed by atoms with E-state index < -0.39 is 5.82 Å². The SMILES string of the molecule is O=CC1CCC(c2c(C3CCOCC3)n(-c3ccc(F)c(Cl)c3)c3cc4cn[nH]c4cc23)CC1. The lowest BCUT2D eigenvalue weighted by atomic mass is 9.76. The molecule has 2 aromatic carbocycles. The van der Waals surface area contributed by atoms with Crippen molar-refractivity contribution in [3.63, 3.8) is 0 Å². The Morgan fingerprint density at radius 1 is 1.06 bits per heavy atom. The van der Waals surface area contributed by atoms with E-state index in [9.17, 15) is 9.18 Å². The number of nitrogens with zero attached hydrogens (tertiary/aromatic N) is 2. The fraction of sp³-hybridized carbons (Fsp3) is 0.407. The van der Waals surface area contributed by atoms with Gasteiger partial charge in [0.2, 0.25) is 0 Å². The number of carbonyl (C=O) groups is 1. The number of H-pyrrole nitrogens is 1. The van der Waals surface area contributed by atoms with E-state index in [1.807, 2.05) is 12.3 Å². The highest BCUT2D eigenvalue weighted by atomic mass is 35.5. The third-order valence-electron chi connectivity index (χ3n) is 7.75. The van der Waals surface area contributed by atoms with Gasteiger partial charge < -0.3 is 14.1 Å². The fourth-order valence-corrected chi connectivity index (χ4v) is 6.19. The molecular weight excluding hydrogens is 453 g/mol. The Hall–Kier alpha value is -2.70. The summed E-state index contributed by atoms with van der Waals surface area (Å²) in [5.74, 6) is 0.444. The number of halogens is 2. The van der Waals surface area contributed by atoms with Crippen molar-refractivity contribution >= 4 is 39.7 Å². The summed E-state index contributed by atoms with van der Waals surface area (Å²) >= 11 is 6.26. The summed E-state index contributed by atoms with van der Waals surface area (Å²) < 4.78 is 22.1. The molecular formula is C27H27ClFN3O2. The van der Waals surface area contributed by atoms with Gasteiger partial charge in [0.25, 0.3) is 0 Å². The second-order valence-corrected chi connectivity index (χ2v) is 10.1. The standard InChI is InChI=1S/C27H27ClFN3O2/c28-22-12-20(5-6-23(22)29)32-25-11-19-14-30-31-24(19)13-21(25)26(17-3-1-16(15-33)2-4-17)27(32)18-7-9-34-10-8-18/h5-6,11-18H,1-4,7-10H2,(H,30,31). The van der Waals surface area contributed by atoms with Gasteiger partial charge >= 0.3 is 0 Å². The van der Waals surface area contributed by atoms with Gasteiger partial charge in [-0.3, -0.25) is 5.10 Å². The number of nitrogens with one attached hydrogen (secondary N) is 1. The molecule has 2 aliphatic rings. The predicted octanol–water partition coefficient (Wildman–Crippen LogP) is 6.67. The first-order valence-electron chi connectivity index (χ1n) is 12.1. The minimum Gasteiger partial charge on any atom is -0.381 e. The molecule has 0 radical (unpaired) electrons. The second-order valence-electron chi connectivity index (χ2n) is 9.69. The Labute approximate surface area is 202 Å². The zero-order valence-electron chi connectivity index (χ0n) is 18.9. The molecule has 0 unspecified atom stereocenters. The highest BCUT2D eigenvalue weighted by Crippen LogP contribution is 2.47. The van der Waals surface area contributed by atoms with Gasteiger partial charge in [0, 0.05) is 47.2 Å². The maximum absolute atomic E-state index is 14.1. The molecule has 0 bridgehead atoms. The fourth-order valence-electron chi connectivity index (χ4n) is 6.02. The number of benzene rings is 2. The Morgan fingerprint density at radius 2 is 1.85 bits per heavy atom. The number of fused-ring (bicyclic) bond motifs is 2. The molecule has 1 N–H and O–H groups in total. The highest BCUT2D eigenvalue weighted by Gasteiger charge is 2.33. The van der Waals surface area contributed by atoms with Gasteiger partial charge in [0.05, 0.1) is 22.3 Å². The first kappa shape index (κ1) is 21.8. The normalized spacial score (nSPS) is 21.9. The number of aldehydes is 1. The minimum atomic E-state index is -0.417. The van der Waals surface area contributed by atoms with Crippen molar-refractivity contribution in [1.82, 2.24) is 14.8 Å². The number of rotatable bonds is 4. The van der Waals surface area contributed by atoms with Gasteiger partial charge in [-0.2, -0.15) is 5.10 Å². The Kier molecular flexibility index (Phi) is 5.66. The van der Waals surface area contributed by atoms with Crippen LogP contribution in [0, 0.1) is 11.7 Å². The van der Waals surface area contributed by atoms with Crippen LogP contribution in [-0.2, 0) is 9.53 Å². The van der Waals surface area contributed by atoms with E-state index in [2.05, 4.69) is 26.9 Å². The monoisotopic (exact) mass is 479 g/mol. The minimum absolute atomic E-state index is 0.120. The van der Waals surface area contributed by atoms with Crippen molar-refractivity contribution in [3.8, 4) is 5.69 Å². The van der Waals surface area contributed by atoms with Crippen LogP contribution in [-0.4, -0.2) is 34.3 Å². The molecule has 2 aromatic heterocycles. The number of aromatic nitrogens is 3. The lowest BCUT2D eigenvalue weighted by molar-refractivity contribution is -0.111. The van der Waals surface area contributed by atoms with Gasteiger partial charge in [-0.15, -0.1) is 0 Å². The van der Waals surface area contributed by atoms with E-state index >= 15 is 0 Å². The van der Waals surface area contributed by atoms with Crippen LogP contribution < -0.4 is 0 Å². The van der Waals surface area contributed by atoms with E-state index in [1.54, 1.807) is 6.07 Å². The van der Waals surface area contributed by atoms with Crippen molar-refractivity contribution < 1.29 is 13.9 Å². The van der Waals surface area contributed by atoms with Crippen LogP contribution in [0.25, 0.3) is 27.5 Å². The molecule has 2 fully saturated rings. The summed E-state index contributed by atoms with van der Waals surface area (Å²) in [5, 5.41) is 9.73. The largest absolute Gasteiger partial charge is 0.381 e. The average Bonchev–Trinajstić information content (AvgIpc) is 3.46. The first-order chi connectivity index (χ1) is 16.6. The van der Waals surface area contributed by atoms with Crippen molar-refractivity contribution in [2.75, 3.05) is 13.2 Å². The van der Waals surface area contributed by atoms with Gasteiger partial charge in [-0.1, -0.05) is 11.6 Å². The quantitative estimate of drug-likeness (QED) is 0.333. The lowest BCUT2D eigenvalue weighted by Crippen LogP contribution is -2.20. The van der Waals surface area contributed by atoms with Crippen molar-refractivity contribution in [2.24, 2.45) is 5.92 Å². The molecule has 34 heavy (non-hydrogen) atoms. The smallest absolute Gasteiger partial charge is 0.141 e. The number of hydrogen-bond acceptors (Lipinski definition) is 3. The van der Waals surface area contributed by atoms with Gasteiger partial charge in [0.15, 0.2) is 0 Å². The molecule has 1 aliphatic carbocycles. The molecule has 1 saturated heterocycles. The number of aromatic amines is 1. The second kappa shape index (κ2) is 8.82. The van der Waals surface area contributed by atoms with Crippen LogP contribution in [0.1, 0.15) is 61.6 Å². The van der Waals surface area contributed by atoms with E-state index in [-0.39, 0.29) is 10.9 Å². The molecule has 0 amide bonds. The Bertz CT molecular complexity index is 1360. The Morgan fingerprint density at radius 3 is 2.59 bits per heavy atom. The maximum Gasteiger partial charge on any atom is 0.141 e. The van der Waals surface area contributed by atoms with Crippen molar-refractivity contribution in [3.05, 3.63) is 58.6 Å². The summed E-state index contributed by atoms with van der Waals surface area (Å²) in [4.78, 5) is 11.4. The van der Waals surface area contributed by atoms with Crippen molar-refractivity contribution in [2.45, 2.75) is 50.4 Å². The lowest BCUT2D eigenvalue weighted by Gasteiger charge is -2.30. The van der Waals surface area contributed by atoms with Crippen LogP contribution >= 0.6 is 11.6 Å². The summed E-state index contributed by atoms with van der Waals surface area (Å²) in [5.41, 5.74) is 5.61. The van der Waals surface area contributed by atoms with Crippen LogP contribution in [0.3, 0.4) is 0 Å². The third-order valence-corrected chi connectivity index (χ3v) is 8.04. The topological polar surface area (TPSA) is 59.9 Å². The number of hydrogen-bond donors (Lipinski definition) is 1. The van der Waals surface area contributed by atoms with E-state index in [0.29, 0.717) is 11.8 Å². The molecule has 4 aromatic rings. The van der Waals surface area contributed by atoms with Crippen LogP contribution in [0.5, 0.6) is 0 Å². The number of carbonyl (C=O) groups excluding carboxylic acids is 1. The summed E-state index contributed by atoms with van der Waals surface area (Å²) in [6.45, 7) is 1.47. The van der Waals surface area contributed by atoms with Gasteiger partial charge in [0.1, 0.15) is 12.1 Å². The average molecular weight is 480 g/mol. The van der Waals surface area contributed by atoms with Crippen molar-refractivity contribution in [1.29, 1.82) is 0 Å². The highest BCUT2D eigenvalue weighted by molar-refractivity contribution is 6.30.